The second-order valence-corrected chi connectivity index (χ2v) is 16.3. The van der Waals surface area contributed by atoms with E-state index in [9.17, 15) is 14.4 Å². The minimum atomic E-state index is -1.02. The predicted molar refractivity (Wildman–Crippen MR) is 190 cm³/mol. The molecule has 3 heterocycles. The lowest BCUT2D eigenvalue weighted by molar-refractivity contribution is -0.152. The van der Waals surface area contributed by atoms with Crippen molar-refractivity contribution in [3.8, 4) is 5.88 Å². The number of nitrogens with one attached hydrogen (secondary N) is 1. The number of nitrogens with two attached hydrogens (primary N) is 1. The van der Waals surface area contributed by atoms with Crippen molar-refractivity contribution in [1.82, 2.24) is 20.2 Å². The highest BCUT2D eigenvalue weighted by Gasteiger charge is 2.62. The summed E-state index contributed by atoms with van der Waals surface area (Å²) in [5.41, 5.74) is 6.66. The molecule has 260 valence electrons. The minimum Gasteiger partial charge on any atom is -0.471 e. The van der Waals surface area contributed by atoms with Gasteiger partial charge in [0.25, 0.3) is 0 Å². The molecular formula is C37H57N5O4S. The van der Waals surface area contributed by atoms with Crippen molar-refractivity contribution in [3.63, 3.8) is 0 Å². The highest BCUT2D eigenvalue weighted by Crippen LogP contribution is 2.52. The minimum absolute atomic E-state index is 0.00871. The Morgan fingerprint density at radius 2 is 1.60 bits per heavy atom. The number of thiol groups is 1. The smallest absolute Gasteiger partial charge is 0.243 e. The topological polar surface area (TPSA) is 128 Å². The first-order valence-corrected chi connectivity index (χ1v) is 18.0. The zero-order valence-corrected chi connectivity index (χ0v) is 30.8. The lowest BCUT2D eigenvalue weighted by atomic mass is 9.73. The van der Waals surface area contributed by atoms with Crippen LogP contribution < -0.4 is 15.8 Å². The largest absolute Gasteiger partial charge is 0.471 e. The lowest BCUT2D eigenvalue weighted by Gasteiger charge is -2.48. The van der Waals surface area contributed by atoms with Crippen LogP contribution in [0.3, 0.4) is 0 Å². The number of carbonyl (C=O) groups is 3. The van der Waals surface area contributed by atoms with Crippen molar-refractivity contribution < 1.29 is 19.1 Å². The van der Waals surface area contributed by atoms with E-state index < -0.39 is 29.1 Å². The van der Waals surface area contributed by atoms with E-state index >= 15 is 0 Å². The molecule has 5 rings (SSSR count). The molecule has 1 aromatic carbocycles. The summed E-state index contributed by atoms with van der Waals surface area (Å²) < 4.78 is 6.44. The SMILES string of the molecule is CC.CC1CC(N)C(=O)N2C[C@H](Oc3cnc4ccccc4n3)C(C)(C)C[C@H]2C(=O)NC2(C(=O)S)CC2[C@@H](C)CC(C)CC(C)(C)C1. The van der Waals surface area contributed by atoms with Crippen LogP contribution in [-0.4, -0.2) is 62.1 Å². The Hall–Kier alpha value is -2.72. The number of hydrogen-bond acceptors (Lipinski definition) is 7. The zero-order valence-electron chi connectivity index (χ0n) is 29.9. The van der Waals surface area contributed by atoms with E-state index in [0.29, 0.717) is 36.6 Å². The molecule has 47 heavy (non-hydrogen) atoms. The summed E-state index contributed by atoms with van der Waals surface area (Å²) in [5, 5.41) is 2.79. The lowest BCUT2D eigenvalue weighted by Crippen LogP contribution is -2.65. The summed E-state index contributed by atoms with van der Waals surface area (Å²) in [5.74, 6) is 0.679. The number of nitrogens with zero attached hydrogens (tertiary/aromatic N) is 3. The summed E-state index contributed by atoms with van der Waals surface area (Å²) >= 11 is 4.27. The van der Waals surface area contributed by atoms with E-state index in [4.69, 9.17) is 10.5 Å². The molecule has 3 N–H and O–H groups in total. The monoisotopic (exact) mass is 667 g/mol. The van der Waals surface area contributed by atoms with Crippen LogP contribution in [0.25, 0.3) is 11.0 Å². The van der Waals surface area contributed by atoms with Gasteiger partial charge in [0, 0.05) is 5.41 Å². The summed E-state index contributed by atoms with van der Waals surface area (Å²) in [7, 11) is 0. The molecule has 0 radical (unpaired) electrons. The van der Waals surface area contributed by atoms with Crippen molar-refractivity contribution in [1.29, 1.82) is 0 Å². The van der Waals surface area contributed by atoms with Gasteiger partial charge in [-0.05, 0) is 79.7 Å². The molecular weight excluding hydrogens is 611 g/mol. The molecule has 3 fully saturated rings. The Kier molecular flexibility index (Phi) is 11.4. The second kappa shape index (κ2) is 14.4. The summed E-state index contributed by atoms with van der Waals surface area (Å²) in [6.07, 6.45) is 5.49. The van der Waals surface area contributed by atoms with Crippen molar-refractivity contribution in [2.24, 2.45) is 40.2 Å². The van der Waals surface area contributed by atoms with Crippen molar-refractivity contribution in [2.75, 3.05) is 6.54 Å². The third kappa shape index (κ3) is 8.30. The van der Waals surface area contributed by atoms with E-state index in [-0.39, 0.29) is 46.6 Å². The van der Waals surface area contributed by atoms with Gasteiger partial charge in [-0.15, -0.1) is 12.6 Å². The second-order valence-electron chi connectivity index (χ2n) is 15.9. The normalized spacial score (nSPS) is 34.2. The van der Waals surface area contributed by atoms with Crippen LogP contribution in [0, 0.1) is 34.5 Å². The molecule has 1 saturated carbocycles. The number of benzene rings is 1. The van der Waals surface area contributed by atoms with Gasteiger partial charge in [-0.3, -0.25) is 14.4 Å². The van der Waals surface area contributed by atoms with Crippen LogP contribution in [-0.2, 0) is 14.4 Å². The first-order chi connectivity index (χ1) is 22.0. The van der Waals surface area contributed by atoms with Gasteiger partial charge in [0.1, 0.15) is 17.7 Å². The van der Waals surface area contributed by atoms with E-state index in [1.54, 1.807) is 11.1 Å². The Morgan fingerprint density at radius 3 is 2.23 bits per heavy atom. The fourth-order valence-electron chi connectivity index (χ4n) is 8.51. The summed E-state index contributed by atoms with van der Waals surface area (Å²) in [4.78, 5) is 52.1. The van der Waals surface area contributed by atoms with Gasteiger partial charge in [-0.2, -0.15) is 0 Å². The summed E-state index contributed by atoms with van der Waals surface area (Å²) in [6.45, 7) is 19.4. The third-order valence-corrected chi connectivity index (χ3v) is 11.0. The van der Waals surface area contributed by atoms with E-state index in [0.717, 1.165) is 24.8 Å². The fraction of sp³-hybridized carbons (Fsp3) is 0.703. The molecule has 0 spiro atoms. The number of hydrogen-bond donors (Lipinski definition) is 3. The predicted octanol–water partition coefficient (Wildman–Crippen LogP) is 6.20. The Balaban J connectivity index is 0.00000245. The zero-order chi connectivity index (χ0) is 34.9. The highest BCUT2D eigenvalue weighted by atomic mass is 32.1. The summed E-state index contributed by atoms with van der Waals surface area (Å²) in [6, 6.07) is 6.00. The van der Waals surface area contributed by atoms with Gasteiger partial charge in [-0.25, -0.2) is 9.97 Å². The van der Waals surface area contributed by atoms with Crippen LogP contribution in [0.15, 0.2) is 30.5 Å². The molecule has 2 saturated heterocycles. The van der Waals surface area contributed by atoms with Gasteiger partial charge in [0.2, 0.25) is 22.8 Å². The molecule has 1 aliphatic carbocycles. The number of piperidine rings is 1. The fourth-order valence-corrected chi connectivity index (χ4v) is 8.83. The molecule has 1 aromatic heterocycles. The standard InChI is InChI=1S/C35H51N5O4S.C2H6/c1-20-12-22(3)23-16-35(23,32(43)45)39-30(41)27-17-34(6,7)28(44-29-18-37-25-10-8-9-11-26(25)38-29)19-40(27)31(42)24(36)13-21(2)15-33(4,5)14-20;1-2/h8-11,18,20-24,27-28H,12-17,19,36H2,1-7H3,(H,39,41)(H,43,45);1-2H3/t20?,21?,22-,23?,24?,27-,28-,35?;/m0./s1. The van der Waals surface area contributed by atoms with Crippen LogP contribution >= 0.6 is 12.6 Å². The van der Waals surface area contributed by atoms with Gasteiger partial charge >= 0.3 is 0 Å². The van der Waals surface area contributed by atoms with Crippen molar-refractivity contribution in [2.45, 2.75) is 125 Å². The van der Waals surface area contributed by atoms with Crippen molar-refractivity contribution in [3.05, 3.63) is 30.5 Å². The van der Waals surface area contributed by atoms with E-state index in [1.165, 1.54) is 0 Å². The van der Waals surface area contributed by atoms with Crippen LogP contribution in [0.5, 0.6) is 5.88 Å². The van der Waals surface area contributed by atoms with Crippen molar-refractivity contribution >= 4 is 40.6 Å². The average molecular weight is 668 g/mol. The molecule has 2 aromatic rings. The highest BCUT2D eigenvalue weighted by molar-refractivity contribution is 7.96. The Bertz CT molecular complexity index is 1450. The first-order valence-electron chi connectivity index (χ1n) is 17.5. The molecule has 2 amide bonds. The Morgan fingerprint density at radius 1 is 0.979 bits per heavy atom. The number of fused-ring (bicyclic) bond motifs is 3. The number of para-hydroxylation sites is 2. The van der Waals surface area contributed by atoms with Gasteiger partial charge in [0.15, 0.2) is 0 Å². The number of amides is 2. The molecule has 5 unspecified atom stereocenters. The number of rotatable bonds is 3. The third-order valence-electron chi connectivity index (χ3n) is 10.6. The van der Waals surface area contributed by atoms with E-state index in [2.05, 4.69) is 62.5 Å². The Labute approximate surface area is 287 Å². The van der Waals surface area contributed by atoms with Crippen LogP contribution in [0.2, 0.25) is 0 Å². The quantitative estimate of drug-likeness (QED) is 0.333. The average Bonchev–Trinajstić information content (AvgIpc) is 3.73. The van der Waals surface area contributed by atoms with Gasteiger partial charge in [0.05, 0.1) is 29.8 Å². The number of aromatic nitrogens is 2. The van der Waals surface area contributed by atoms with Gasteiger partial charge in [-0.1, -0.05) is 74.4 Å². The van der Waals surface area contributed by atoms with Gasteiger partial charge < -0.3 is 20.7 Å². The molecule has 9 nitrogen and oxygen atoms in total. The molecule has 0 bridgehead atoms. The first kappa shape index (κ1) is 37.1. The molecule has 3 aliphatic rings. The van der Waals surface area contributed by atoms with Crippen LogP contribution in [0.1, 0.15) is 101 Å². The van der Waals surface area contributed by atoms with Crippen LogP contribution in [0.4, 0.5) is 0 Å². The van der Waals surface area contributed by atoms with E-state index in [1.807, 2.05) is 52.0 Å². The molecule has 2 aliphatic heterocycles. The maximum absolute atomic E-state index is 14.2. The number of ether oxygens (including phenoxy) is 1. The molecule has 8 atom stereocenters. The maximum Gasteiger partial charge on any atom is 0.243 e. The maximum atomic E-state index is 14.2. The molecule has 10 heteroatoms. The number of carbonyl (C=O) groups excluding carboxylic acids is 3.